The molecule has 0 bridgehead atoms. The van der Waals surface area contributed by atoms with Crippen molar-refractivity contribution in [3.05, 3.63) is 0 Å². The molecule has 1 amide bonds. The quantitative estimate of drug-likeness (QED) is 0.719. The fourth-order valence-electron chi connectivity index (χ4n) is 1.48. The lowest BCUT2D eigenvalue weighted by molar-refractivity contribution is -0.870. The summed E-state index contributed by atoms with van der Waals surface area (Å²) in [6, 6.07) is -0.901. The average molecular weight is 275 g/mol. The van der Waals surface area contributed by atoms with Crippen LogP contribution in [0, 0.1) is 0 Å². The van der Waals surface area contributed by atoms with Gasteiger partial charge in [0.25, 0.3) is 0 Å². The summed E-state index contributed by atoms with van der Waals surface area (Å²) in [6.45, 7) is 6.05. The molecule has 112 valence electrons. The first-order valence-corrected chi connectivity index (χ1v) is 6.43. The van der Waals surface area contributed by atoms with Crippen LogP contribution in [-0.4, -0.2) is 61.0 Å². The molecule has 0 saturated carbocycles. The van der Waals surface area contributed by atoms with Crippen LogP contribution in [0.1, 0.15) is 33.6 Å². The summed E-state index contributed by atoms with van der Waals surface area (Å²) < 4.78 is 5.81. The van der Waals surface area contributed by atoms with Crippen LogP contribution in [0.5, 0.6) is 0 Å². The molecule has 0 aromatic carbocycles. The number of rotatable bonds is 6. The molecule has 1 atom stereocenters. The van der Waals surface area contributed by atoms with Gasteiger partial charge in [-0.15, -0.1) is 0 Å². The van der Waals surface area contributed by atoms with Crippen molar-refractivity contribution in [1.82, 2.24) is 5.32 Å². The number of amides is 1. The lowest BCUT2D eigenvalue weighted by atomic mass is 10.1. The SMILES string of the molecule is CC(C)(C)OC(=O)NC(CCC[N+](C)(C)C)C(=O)O. The van der Waals surface area contributed by atoms with E-state index < -0.39 is 23.7 Å². The highest BCUT2D eigenvalue weighted by atomic mass is 16.6. The maximum atomic E-state index is 11.5. The largest absolute Gasteiger partial charge is 0.480 e. The van der Waals surface area contributed by atoms with Crippen LogP contribution in [0.4, 0.5) is 4.79 Å². The molecular formula is C13H27N2O4+. The molecule has 0 aliphatic heterocycles. The van der Waals surface area contributed by atoms with Gasteiger partial charge in [-0.05, 0) is 33.6 Å². The molecular weight excluding hydrogens is 248 g/mol. The second-order valence-electron chi connectivity index (χ2n) is 6.69. The van der Waals surface area contributed by atoms with Gasteiger partial charge in [0.1, 0.15) is 11.6 Å². The van der Waals surface area contributed by atoms with Gasteiger partial charge in [0.05, 0.1) is 27.7 Å². The van der Waals surface area contributed by atoms with E-state index >= 15 is 0 Å². The second-order valence-corrected chi connectivity index (χ2v) is 6.69. The Labute approximate surface area is 115 Å². The Morgan fingerprint density at radius 3 is 2.16 bits per heavy atom. The summed E-state index contributed by atoms with van der Waals surface area (Å²) in [6.07, 6.45) is 0.422. The smallest absolute Gasteiger partial charge is 0.408 e. The molecule has 0 aromatic rings. The first kappa shape index (κ1) is 17.7. The number of nitrogens with one attached hydrogen (secondary N) is 1. The number of carbonyl (C=O) groups is 2. The summed E-state index contributed by atoms with van der Waals surface area (Å²) >= 11 is 0. The minimum Gasteiger partial charge on any atom is -0.480 e. The third-order valence-corrected chi connectivity index (χ3v) is 2.31. The van der Waals surface area contributed by atoms with Crippen molar-refractivity contribution in [2.24, 2.45) is 0 Å². The van der Waals surface area contributed by atoms with E-state index in [1.807, 2.05) is 21.1 Å². The molecule has 6 nitrogen and oxygen atoms in total. The fourth-order valence-corrected chi connectivity index (χ4v) is 1.48. The monoisotopic (exact) mass is 275 g/mol. The van der Waals surface area contributed by atoms with Crippen LogP contribution < -0.4 is 5.32 Å². The van der Waals surface area contributed by atoms with Crippen LogP contribution in [0.15, 0.2) is 0 Å². The first-order valence-electron chi connectivity index (χ1n) is 6.43. The van der Waals surface area contributed by atoms with E-state index in [0.717, 1.165) is 17.4 Å². The lowest BCUT2D eigenvalue weighted by Crippen LogP contribution is -2.44. The number of alkyl carbamates (subject to hydrolysis) is 1. The standard InChI is InChI=1S/C13H26N2O4/c1-13(2,3)19-12(18)14-10(11(16)17)8-7-9-15(4,5)6/h10H,7-9H2,1-6H3,(H-,14,16,17,18)/p+1. The van der Waals surface area contributed by atoms with E-state index in [2.05, 4.69) is 5.32 Å². The number of hydrogen-bond acceptors (Lipinski definition) is 3. The summed E-state index contributed by atoms with van der Waals surface area (Å²) in [7, 11) is 6.12. The second kappa shape index (κ2) is 6.75. The van der Waals surface area contributed by atoms with Crippen molar-refractivity contribution in [2.45, 2.75) is 45.3 Å². The van der Waals surface area contributed by atoms with E-state index in [0.29, 0.717) is 6.42 Å². The molecule has 19 heavy (non-hydrogen) atoms. The molecule has 0 rings (SSSR count). The van der Waals surface area contributed by atoms with E-state index in [1.54, 1.807) is 20.8 Å². The van der Waals surface area contributed by atoms with Gasteiger partial charge in [0.15, 0.2) is 0 Å². The summed E-state index contributed by atoms with van der Waals surface area (Å²) in [5, 5.41) is 11.5. The predicted molar refractivity (Wildman–Crippen MR) is 72.9 cm³/mol. The molecule has 1 unspecified atom stereocenters. The molecule has 0 heterocycles. The van der Waals surface area contributed by atoms with Crippen LogP contribution >= 0.6 is 0 Å². The first-order chi connectivity index (χ1) is 8.41. The highest BCUT2D eigenvalue weighted by molar-refractivity contribution is 5.79. The number of carboxylic acids is 1. The number of aliphatic carboxylic acids is 1. The Kier molecular flexibility index (Phi) is 6.29. The molecule has 0 aromatic heterocycles. The Morgan fingerprint density at radius 2 is 1.79 bits per heavy atom. The normalized spacial score (nSPS) is 13.8. The Hall–Kier alpha value is -1.30. The molecule has 0 aliphatic carbocycles. The molecule has 0 radical (unpaired) electrons. The van der Waals surface area contributed by atoms with Crippen molar-refractivity contribution in [2.75, 3.05) is 27.7 Å². The minimum atomic E-state index is -1.03. The number of carboxylic acid groups (broad SMARTS) is 1. The summed E-state index contributed by atoms with van der Waals surface area (Å²) in [5.41, 5.74) is -0.630. The van der Waals surface area contributed by atoms with Gasteiger partial charge in [-0.3, -0.25) is 0 Å². The zero-order chi connectivity index (χ0) is 15.3. The maximum absolute atomic E-state index is 11.5. The number of carbonyl (C=O) groups excluding carboxylic acids is 1. The van der Waals surface area contributed by atoms with Crippen molar-refractivity contribution >= 4 is 12.1 Å². The van der Waals surface area contributed by atoms with Crippen molar-refractivity contribution in [3.8, 4) is 0 Å². The van der Waals surface area contributed by atoms with Crippen molar-refractivity contribution < 1.29 is 23.9 Å². The molecule has 6 heteroatoms. The van der Waals surface area contributed by atoms with Gasteiger partial charge < -0.3 is 19.6 Å². The molecule has 0 saturated heterocycles. The van der Waals surface area contributed by atoms with E-state index in [9.17, 15) is 9.59 Å². The Balaban J connectivity index is 4.28. The van der Waals surface area contributed by atoms with Crippen LogP contribution in [0.3, 0.4) is 0 Å². The molecule has 0 aliphatic rings. The predicted octanol–water partition coefficient (Wildman–Crippen LogP) is 1.45. The number of ether oxygens (including phenoxy) is 1. The van der Waals surface area contributed by atoms with Gasteiger partial charge in [-0.1, -0.05) is 0 Å². The molecule has 0 fully saturated rings. The lowest BCUT2D eigenvalue weighted by Gasteiger charge is -2.25. The van der Waals surface area contributed by atoms with E-state index in [-0.39, 0.29) is 0 Å². The van der Waals surface area contributed by atoms with Crippen LogP contribution in [0.25, 0.3) is 0 Å². The van der Waals surface area contributed by atoms with Gasteiger partial charge in [-0.2, -0.15) is 0 Å². The molecule has 2 N–H and O–H groups in total. The fraction of sp³-hybridized carbons (Fsp3) is 0.846. The maximum Gasteiger partial charge on any atom is 0.408 e. The average Bonchev–Trinajstić information content (AvgIpc) is 2.10. The van der Waals surface area contributed by atoms with Crippen LogP contribution in [0.2, 0.25) is 0 Å². The third-order valence-electron chi connectivity index (χ3n) is 2.31. The zero-order valence-electron chi connectivity index (χ0n) is 12.8. The highest BCUT2D eigenvalue weighted by Crippen LogP contribution is 2.08. The zero-order valence-corrected chi connectivity index (χ0v) is 12.8. The van der Waals surface area contributed by atoms with Crippen molar-refractivity contribution in [3.63, 3.8) is 0 Å². The minimum absolute atomic E-state index is 0.393. The Bertz CT molecular complexity index is 316. The number of nitrogens with zero attached hydrogens (tertiary/aromatic N) is 1. The topological polar surface area (TPSA) is 75.6 Å². The summed E-state index contributed by atoms with van der Waals surface area (Å²) in [4.78, 5) is 22.6. The van der Waals surface area contributed by atoms with Crippen molar-refractivity contribution in [1.29, 1.82) is 0 Å². The summed E-state index contributed by atoms with van der Waals surface area (Å²) in [5.74, 6) is -1.03. The van der Waals surface area contributed by atoms with Gasteiger partial charge in [-0.25, -0.2) is 9.59 Å². The van der Waals surface area contributed by atoms with Gasteiger partial charge >= 0.3 is 12.1 Å². The van der Waals surface area contributed by atoms with Crippen LogP contribution in [-0.2, 0) is 9.53 Å². The van der Waals surface area contributed by atoms with E-state index in [4.69, 9.17) is 9.84 Å². The molecule has 0 spiro atoms. The number of hydrogen-bond donors (Lipinski definition) is 2. The van der Waals surface area contributed by atoms with Gasteiger partial charge in [0, 0.05) is 0 Å². The Morgan fingerprint density at radius 1 is 1.26 bits per heavy atom. The third kappa shape index (κ3) is 10.3. The van der Waals surface area contributed by atoms with Gasteiger partial charge in [0.2, 0.25) is 0 Å². The number of quaternary nitrogens is 1. The van der Waals surface area contributed by atoms with E-state index in [1.165, 1.54) is 0 Å². The highest BCUT2D eigenvalue weighted by Gasteiger charge is 2.24.